The van der Waals surface area contributed by atoms with Gasteiger partial charge in [0.25, 0.3) is 0 Å². The third-order valence-electron chi connectivity index (χ3n) is 4.45. The van der Waals surface area contributed by atoms with Gasteiger partial charge in [-0.15, -0.1) is 0 Å². The quantitative estimate of drug-likeness (QED) is 0.828. The van der Waals surface area contributed by atoms with Crippen molar-refractivity contribution in [2.45, 2.75) is 30.2 Å². The molecular formula is C17H23N3O3S. The molecule has 1 fully saturated rings. The molecule has 1 unspecified atom stereocenters. The van der Waals surface area contributed by atoms with Gasteiger partial charge in [0.1, 0.15) is 4.90 Å². The summed E-state index contributed by atoms with van der Waals surface area (Å²) in [5, 5.41) is 4.19. The molecule has 1 saturated heterocycles. The van der Waals surface area contributed by atoms with Crippen LogP contribution in [0.3, 0.4) is 0 Å². The number of sulfonamides is 1. The van der Waals surface area contributed by atoms with Crippen molar-refractivity contribution in [3.8, 4) is 0 Å². The topological polar surface area (TPSA) is 80.3 Å². The van der Waals surface area contributed by atoms with Crippen molar-refractivity contribution in [2.24, 2.45) is 0 Å². The van der Waals surface area contributed by atoms with Crippen molar-refractivity contribution in [2.75, 3.05) is 26.8 Å². The smallest absolute Gasteiger partial charge is 0.242 e. The number of nitrogens with zero attached hydrogens (tertiary/aromatic N) is 1. The first-order valence-electron chi connectivity index (χ1n) is 8.05. The van der Waals surface area contributed by atoms with Gasteiger partial charge in [0, 0.05) is 25.2 Å². The molecule has 0 aliphatic carbocycles. The van der Waals surface area contributed by atoms with Crippen molar-refractivity contribution < 1.29 is 13.2 Å². The maximum atomic E-state index is 12.8. The first-order chi connectivity index (χ1) is 11.5. The SMILES string of the molecule is COCC1(CNS(=O)(=O)c2cccc3cc(C)cnc23)CCCN1. The molecule has 2 heterocycles. The molecular weight excluding hydrogens is 326 g/mol. The van der Waals surface area contributed by atoms with Crippen LogP contribution in [0.2, 0.25) is 0 Å². The number of hydrogen-bond acceptors (Lipinski definition) is 5. The fraction of sp³-hybridized carbons (Fsp3) is 0.471. The highest BCUT2D eigenvalue weighted by atomic mass is 32.2. The minimum absolute atomic E-state index is 0.213. The van der Waals surface area contributed by atoms with Crippen molar-refractivity contribution in [1.82, 2.24) is 15.0 Å². The summed E-state index contributed by atoms with van der Waals surface area (Å²) < 4.78 is 33.6. The molecule has 6 nitrogen and oxygen atoms in total. The van der Waals surface area contributed by atoms with Crippen LogP contribution in [0, 0.1) is 6.92 Å². The molecule has 1 aliphatic heterocycles. The molecule has 2 N–H and O–H groups in total. The zero-order valence-electron chi connectivity index (χ0n) is 14.0. The zero-order chi connectivity index (χ0) is 17.2. The van der Waals surface area contributed by atoms with Gasteiger partial charge in [0.2, 0.25) is 10.0 Å². The number of pyridine rings is 1. The van der Waals surface area contributed by atoms with Gasteiger partial charge in [-0.1, -0.05) is 12.1 Å². The van der Waals surface area contributed by atoms with Gasteiger partial charge in [0.15, 0.2) is 0 Å². The number of hydrogen-bond donors (Lipinski definition) is 2. The Kier molecular flexibility index (Phi) is 4.87. The number of benzene rings is 1. The number of rotatable bonds is 6. The first-order valence-corrected chi connectivity index (χ1v) is 9.53. The maximum Gasteiger partial charge on any atom is 0.242 e. The van der Waals surface area contributed by atoms with E-state index in [2.05, 4.69) is 15.0 Å². The molecule has 0 amide bonds. The number of aromatic nitrogens is 1. The van der Waals surface area contributed by atoms with E-state index >= 15 is 0 Å². The Morgan fingerprint density at radius 3 is 2.96 bits per heavy atom. The van der Waals surface area contributed by atoms with Crippen LogP contribution in [-0.2, 0) is 14.8 Å². The summed E-state index contributed by atoms with van der Waals surface area (Å²) in [4.78, 5) is 4.53. The summed E-state index contributed by atoms with van der Waals surface area (Å²) in [5.74, 6) is 0. The van der Waals surface area contributed by atoms with Gasteiger partial charge in [0.05, 0.1) is 17.7 Å². The monoisotopic (exact) mass is 349 g/mol. The van der Waals surface area contributed by atoms with E-state index in [0.29, 0.717) is 18.7 Å². The number of fused-ring (bicyclic) bond motifs is 1. The second-order valence-electron chi connectivity index (χ2n) is 6.41. The fourth-order valence-corrected chi connectivity index (χ4v) is 4.55. The van der Waals surface area contributed by atoms with Crippen LogP contribution in [0.4, 0.5) is 0 Å². The Bertz CT molecular complexity index is 830. The fourth-order valence-electron chi connectivity index (χ4n) is 3.24. The summed E-state index contributed by atoms with van der Waals surface area (Å²) in [5.41, 5.74) is 1.16. The Balaban J connectivity index is 1.88. The van der Waals surface area contributed by atoms with Gasteiger partial charge in [-0.2, -0.15) is 0 Å². The molecule has 0 spiro atoms. The largest absolute Gasteiger partial charge is 0.383 e. The molecule has 2 aromatic rings. The Morgan fingerprint density at radius 1 is 1.42 bits per heavy atom. The van der Waals surface area contributed by atoms with Crippen molar-refractivity contribution in [3.63, 3.8) is 0 Å². The van der Waals surface area contributed by atoms with Crippen LogP contribution in [-0.4, -0.2) is 45.7 Å². The highest BCUT2D eigenvalue weighted by molar-refractivity contribution is 7.89. The lowest BCUT2D eigenvalue weighted by atomic mass is 9.99. The summed E-state index contributed by atoms with van der Waals surface area (Å²) in [6.45, 7) is 3.58. The first kappa shape index (κ1) is 17.3. The Hall–Kier alpha value is -1.54. The second kappa shape index (κ2) is 6.76. The van der Waals surface area contributed by atoms with Crippen LogP contribution >= 0.6 is 0 Å². The summed E-state index contributed by atoms with van der Waals surface area (Å²) >= 11 is 0. The van der Waals surface area contributed by atoms with Crippen molar-refractivity contribution in [1.29, 1.82) is 0 Å². The van der Waals surface area contributed by atoms with Crippen molar-refractivity contribution in [3.05, 3.63) is 36.0 Å². The van der Waals surface area contributed by atoms with Crippen LogP contribution in [0.25, 0.3) is 10.9 Å². The molecule has 1 atom stereocenters. The predicted molar refractivity (Wildman–Crippen MR) is 93.5 cm³/mol. The number of ether oxygens (including phenoxy) is 1. The Labute approximate surface area is 142 Å². The second-order valence-corrected chi connectivity index (χ2v) is 8.14. The molecule has 0 bridgehead atoms. The van der Waals surface area contributed by atoms with Crippen LogP contribution in [0.15, 0.2) is 35.4 Å². The van der Waals surface area contributed by atoms with Crippen LogP contribution in [0.1, 0.15) is 18.4 Å². The molecule has 0 radical (unpaired) electrons. The standard InChI is InChI=1S/C17H23N3O3S/c1-13-9-14-5-3-6-15(16(14)18-10-13)24(21,22)20-11-17(12-23-2)7-4-8-19-17/h3,5-6,9-10,19-20H,4,7-8,11-12H2,1-2H3. The summed E-state index contributed by atoms with van der Waals surface area (Å²) in [6.07, 6.45) is 3.59. The maximum absolute atomic E-state index is 12.8. The van der Waals surface area contributed by atoms with E-state index in [-0.39, 0.29) is 10.4 Å². The lowest BCUT2D eigenvalue weighted by Crippen LogP contribution is -2.52. The Morgan fingerprint density at radius 2 is 2.25 bits per heavy atom. The molecule has 130 valence electrons. The molecule has 24 heavy (non-hydrogen) atoms. The lowest BCUT2D eigenvalue weighted by Gasteiger charge is -2.28. The minimum Gasteiger partial charge on any atom is -0.383 e. The molecule has 1 aromatic carbocycles. The van der Waals surface area contributed by atoms with Gasteiger partial charge < -0.3 is 10.1 Å². The molecule has 0 saturated carbocycles. The van der Waals surface area contributed by atoms with E-state index in [1.807, 2.05) is 19.1 Å². The van der Waals surface area contributed by atoms with E-state index in [4.69, 9.17) is 4.74 Å². The number of aryl methyl sites for hydroxylation is 1. The van der Waals surface area contributed by atoms with Gasteiger partial charge in [-0.05, 0) is 44.0 Å². The normalized spacial score (nSPS) is 21.4. The zero-order valence-corrected chi connectivity index (χ0v) is 14.8. The molecule has 1 aromatic heterocycles. The number of methoxy groups -OCH3 is 1. The summed E-state index contributed by atoms with van der Waals surface area (Å²) in [7, 11) is -2.02. The third-order valence-corrected chi connectivity index (χ3v) is 5.89. The number of para-hydroxylation sites is 1. The predicted octanol–water partition coefficient (Wildman–Crippen LogP) is 1.59. The van der Waals surface area contributed by atoms with Crippen LogP contribution in [0.5, 0.6) is 0 Å². The third kappa shape index (κ3) is 3.44. The highest BCUT2D eigenvalue weighted by Gasteiger charge is 2.35. The number of nitrogens with one attached hydrogen (secondary N) is 2. The van der Waals surface area contributed by atoms with E-state index in [1.165, 1.54) is 0 Å². The van der Waals surface area contributed by atoms with E-state index in [0.717, 1.165) is 30.3 Å². The van der Waals surface area contributed by atoms with E-state index < -0.39 is 10.0 Å². The van der Waals surface area contributed by atoms with Crippen LogP contribution < -0.4 is 10.0 Å². The van der Waals surface area contributed by atoms with Gasteiger partial charge >= 0.3 is 0 Å². The average Bonchev–Trinajstić information content (AvgIpc) is 3.02. The van der Waals surface area contributed by atoms with Crippen molar-refractivity contribution >= 4 is 20.9 Å². The molecule has 7 heteroatoms. The van der Waals surface area contributed by atoms with E-state index in [9.17, 15) is 8.42 Å². The summed E-state index contributed by atoms with van der Waals surface area (Å²) in [6, 6.07) is 7.15. The van der Waals surface area contributed by atoms with E-state index in [1.54, 1.807) is 25.4 Å². The average molecular weight is 349 g/mol. The van der Waals surface area contributed by atoms with Gasteiger partial charge in [-0.3, -0.25) is 4.98 Å². The molecule has 3 rings (SSSR count). The molecule has 1 aliphatic rings. The van der Waals surface area contributed by atoms with Gasteiger partial charge in [-0.25, -0.2) is 13.1 Å². The highest BCUT2D eigenvalue weighted by Crippen LogP contribution is 2.23. The lowest BCUT2D eigenvalue weighted by molar-refractivity contribution is 0.122. The minimum atomic E-state index is -3.65.